The van der Waals surface area contributed by atoms with Gasteiger partial charge in [0.25, 0.3) is 6.71 Å². The molecule has 51 heavy (non-hydrogen) atoms. The van der Waals surface area contributed by atoms with Gasteiger partial charge in [-0.15, -0.1) is 0 Å². The van der Waals surface area contributed by atoms with Crippen molar-refractivity contribution in [1.29, 1.82) is 0 Å². The summed E-state index contributed by atoms with van der Waals surface area (Å²) in [4.78, 5) is 4.98. The Labute approximate surface area is 302 Å². The molecule has 7 aromatic carbocycles. The highest BCUT2D eigenvalue weighted by molar-refractivity contribution is 7.00. The van der Waals surface area contributed by atoms with Crippen LogP contribution in [-0.2, 0) is 10.8 Å². The van der Waals surface area contributed by atoms with E-state index in [4.69, 9.17) is 0 Å². The molecule has 3 heteroatoms. The Morgan fingerprint density at radius 1 is 0.353 bits per heavy atom. The largest absolute Gasteiger partial charge is 0.311 e. The fraction of sp³-hybridized carbons (Fsp3) is 0.125. The molecule has 0 atom stereocenters. The average Bonchev–Trinajstić information content (AvgIpc) is 3.18. The zero-order chi connectivity index (χ0) is 34.7. The number of hydrogen-bond donors (Lipinski definition) is 0. The van der Waals surface area contributed by atoms with Gasteiger partial charge in [0.05, 0.1) is 0 Å². The van der Waals surface area contributed by atoms with Gasteiger partial charge in [-0.2, -0.15) is 0 Å². The molecule has 0 spiro atoms. The van der Waals surface area contributed by atoms with Gasteiger partial charge in [0.15, 0.2) is 0 Å². The van der Waals surface area contributed by atoms with E-state index < -0.39 is 0 Å². The van der Waals surface area contributed by atoms with E-state index >= 15 is 0 Å². The van der Waals surface area contributed by atoms with Crippen molar-refractivity contribution in [2.24, 2.45) is 0 Å². The van der Waals surface area contributed by atoms with Gasteiger partial charge >= 0.3 is 0 Å². The van der Waals surface area contributed by atoms with Crippen LogP contribution in [0.2, 0.25) is 0 Å². The molecule has 2 heterocycles. The summed E-state index contributed by atoms with van der Waals surface area (Å²) in [6, 6.07) is 64.9. The van der Waals surface area contributed by atoms with E-state index in [-0.39, 0.29) is 17.5 Å². The van der Waals surface area contributed by atoms with Crippen molar-refractivity contribution in [2.45, 2.75) is 38.5 Å². The van der Waals surface area contributed by atoms with Gasteiger partial charge in [-0.05, 0) is 87.2 Å². The van der Waals surface area contributed by atoms with Gasteiger partial charge in [0.1, 0.15) is 0 Å². The smallest absolute Gasteiger partial charge is 0.252 e. The van der Waals surface area contributed by atoms with Crippen LogP contribution in [-0.4, -0.2) is 6.71 Å². The minimum Gasteiger partial charge on any atom is -0.311 e. The topological polar surface area (TPSA) is 6.48 Å². The predicted octanol–water partition coefficient (Wildman–Crippen LogP) is 10.4. The second-order valence-corrected chi connectivity index (χ2v) is 15.0. The third-order valence-corrected chi connectivity index (χ3v) is 11.5. The van der Waals surface area contributed by atoms with E-state index in [9.17, 15) is 0 Å². The lowest BCUT2D eigenvalue weighted by Gasteiger charge is -2.45. The molecule has 0 N–H and O–H groups in total. The summed E-state index contributed by atoms with van der Waals surface area (Å²) in [5.74, 6) is 0. The standard InChI is InChI=1S/C48H41BN2/c1-47(2,34-18-9-5-10-19-34)36-29-31-42-41(32-36)49-40-30-28-37(48(3,4)35-20-11-6-12-21-35)33-45(40)51(39-24-15-8-16-25-39)44-27-17-26-43(46(44)49)50(42)38-22-13-7-14-23-38/h5-33H,1-4H3. The number of fused-ring (bicyclic) bond motifs is 4. The van der Waals surface area contributed by atoms with Gasteiger partial charge in [0, 0.05) is 45.0 Å². The molecule has 2 nitrogen and oxygen atoms in total. The average molecular weight is 657 g/mol. The first kappa shape index (κ1) is 31.2. The first-order valence-electron chi connectivity index (χ1n) is 18.1. The van der Waals surface area contributed by atoms with Crippen LogP contribution in [0.5, 0.6) is 0 Å². The lowest BCUT2D eigenvalue weighted by molar-refractivity contribution is 0.641. The minimum absolute atomic E-state index is 0.0570. The molecule has 0 amide bonds. The molecule has 7 aromatic rings. The summed E-state index contributed by atoms with van der Waals surface area (Å²) in [6.07, 6.45) is 0. The molecule has 2 aliphatic rings. The number of nitrogens with zero attached hydrogens (tertiary/aromatic N) is 2. The van der Waals surface area contributed by atoms with Crippen LogP contribution in [0, 0.1) is 0 Å². The number of rotatable bonds is 6. The van der Waals surface area contributed by atoms with Gasteiger partial charge in [0.2, 0.25) is 0 Å². The molecule has 2 aliphatic heterocycles. The van der Waals surface area contributed by atoms with Crippen molar-refractivity contribution in [2.75, 3.05) is 9.80 Å². The number of hydrogen-bond acceptors (Lipinski definition) is 2. The molecule has 9 rings (SSSR count). The van der Waals surface area contributed by atoms with Gasteiger partial charge in [-0.1, -0.05) is 155 Å². The van der Waals surface area contributed by atoms with E-state index in [1.54, 1.807) is 0 Å². The molecule has 0 bridgehead atoms. The number of para-hydroxylation sites is 2. The first-order valence-corrected chi connectivity index (χ1v) is 18.1. The van der Waals surface area contributed by atoms with Crippen LogP contribution in [0.4, 0.5) is 34.1 Å². The van der Waals surface area contributed by atoms with Crippen molar-refractivity contribution in [3.8, 4) is 0 Å². The maximum absolute atomic E-state index is 2.51. The maximum Gasteiger partial charge on any atom is 0.252 e. The summed E-state index contributed by atoms with van der Waals surface area (Å²) in [6.45, 7) is 9.45. The number of anilines is 6. The van der Waals surface area contributed by atoms with E-state index in [1.807, 2.05) is 0 Å². The molecular formula is C48H41BN2. The van der Waals surface area contributed by atoms with Crippen molar-refractivity contribution in [3.63, 3.8) is 0 Å². The summed E-state index contributed by atoms with van der Waals surface area (Å²) < 4.78 is 0. The third-order valence-electron chi connectivity index (χ3n) is 11.5. The molecule has 0 saturated heterocycles. The Hall–Kier alpha value is -5.80. The van der Waals surface area contributed by atoms with Gasteiger partial charge in [-0.3, -0.25) is 0 Å². The second kappa shape index (κ2) is 11.9. The summed E-state index contributed by atoms with van der Waals surface area (Å²) in [5, 5.41) is 0. The molecule has 0 saturated carbocycles. The van der Waals surface area contributed by atoms with Crippen LogP contribution >= 0.6 is 0 Å². The van der Waals surface area contributed by atoms with Crippen LogP contribution in [0.1, 0.15) is 49.9 Å². The Bertz CT molecular complexity index is 2370. The molecular weight excluding hydrogens is 615 g/mol. The molecule has 0 aromatic heterocycles. The molecule has 0 aliphatic carbocycles. The zero-order valence-electron chi connectivity index (χ0n) is 29.7. The van der Waals surface area contributed by atoms with Crippen molar-refractivity contribution >= 4 is 57.2 Å². The van der Waals surface area contributed by atoms with Crippen molar-refractivity contribution in [1.82, 2.24) is 0 Å². The lowest BCUT2D eigenvalue weighted by atomic mass is 9.33. The predicted molar refractivity (Wildman–Crippen MR) is 218 cm³/mol. The zero-order valence-corrected chi connectivity index (χ0v) is 29.7. The summed E-state index contributed by atoms with van der Waals surface area (Å²) in [7, 11) is 0. The molecule has 246 valence electrons. The number of benzene rings is 7. The monoisotopic (exact) mass is 656 g/mol. The van der Waals surface area contributed by atoms with Crippen molar-refractivity contribution in [3.05, 3.63) is 198 Å². The molecule has 0 radical (unpaired) electrons. The SMILES string of the molecule is CC(C)(c1ccccc1)c1ccc2c(c1)B1c3ccc(C(C)(C)c4ccccc4)cc3N(c3ccccc3)c3cccc(c31)N2c1ccccc1. The normalized spacial score (nSPS) is 13.4. The van der Waals surface area contributed by atoms with Crippen LogP contribution in [0.15, 0.2) is 176 Å². The fourth-order valence-electron chi connectivity index (χ4n) is 8.47. The second-order valence-electron chi connectivity index (χ2n) is 15.0. The van der Waals surface area contributed by atoms with Crippen LogP contribution < -0.4 is 26.2 Å². The summed E-state index contributed by atoms with van der Waals surface area (Å²) >= 11 is 0. The van der Waals surface area contributed by atoms with E-state index in [1.165, 1.54) is 61.4 Å². The van der Waals surface area contributed by atoms with Crippen molar-refractivity contribution < 1.29 is 0 Å². The van der Waals surface area contributed by atoms with Crippen LogP contribution in [0.25, 0.3) is 0 Å². The van der Waals surface area contributed by atoms with Gasteiger partial charge < -0.3 is 9.80 Å². The molecule has 0 unspecified atom stereocenters. The Balaban J connectivity index is 1.33. The lowest BCUT2D eigenvalue weighted by Crippen LogP contribution is -2.61. The summed E-state index contributed by atoms with van der Waals surface area (Å²) in [5.41, 5.74) is 16.1. The van der Waals surface area contributed by atoms with E-state index in [0.29, 0.717) is 0 Å². The fourth-order valence-corrected chi connectivity index (χ4v) is 8.47. The van der Waals surface area contributed by atoms with E-state index in [2.05, 4.69) is 213 Å². The molecule has 0 fully saturated rings. The highest BCUT2D eigenvalue weighted by atomic mass is 15.2. The third kappa shape index (κ3) is 4.94. The first-order chi connectivity index (χ1) is 24.8. The maximum atomic E-state index is 2.51. The highest BCUT2D eigenvalue weighted by Gasteiger charge is 2.44. The Morgan fingerprint density at radius 2 is 0.804 bits per heavy atom. The Morgan fingerprint density at radius 3 is 1.33 bits per heavy atom. The Kier molecular flexibility index (Phi) is 7.29. The highest BCUT2D eigenvalue weighted by Crippen LogP contribution is 2.45. The van der Waals surface area contributed by atoms with Gasteiger partial charge in [-0.25, -0.2) is 0 Å². The van der Waals surface area contributed by atoms with E-state index in [0.717, 1.165) is 11.4 Å². The quantitative estimate of drug-likeness (QED) is 0.164. The van der Waals surface area contributed by atoms with Crippen LogP contribution in [0.3, 0.4) is 0 Å². The minimum atomic E-state index is -0.178.